The number of nitrogens with zero attached hydrogens (tertiary/aromatic N) is 3. The Morgan fingerprint density at radius 3 is 2.97 bits per heavy atom. The number of hydrogen-bond acceptors (Lipinski definition) is 5. The Hall–Kier alpha value is -2.35. The number of guanidine groups is 1. The Morgan fingerprint density at radius 2 is 2.21 bits per heavy atom. The Balaban J connectivity index is 1.25. The molecule has 0 bridgehead atoms. The molecule has 8 heteroatoms. The third-order valence-corrected chi connectivity index (χ3v) is 6.60. The monoisotopic (exact) mass is 415 g/mol. The Labute approximate surface area is 175 Å². The number of aromatic nitrogens is 1. The first kappa shape index (κ1) is 19.9. The number of likely N-dealkylation sites (tertiary alicyclic amines) is 1. The molecule has 0 radical (unpaired) electrons. The lowest BCUT2D eigenvalue weighted by Gasteiger charge is -2.26. The third-order valence-electron chi connectivity index (χ3n) is 5.74. The third kappa shape index (κ3) is 4.98. The molecule has 1 unspecified atom stereocenters. The van der Waals surface area contributed by atoms with Gasteiger partial charge in [0.25, 0.3) is 0 Å². The van der Waals surface area contributed by atoms with Crippen molar-refractivity contribution in [1.29, 1.82) is 0 Å². The van der Waals surface area contributed by atoms with Crippen molar-refractivity contribution < 1.29 is 9.21 Å². The summed E-state index contributed by atoms with van der Waals surface area (Å²) in [6.07, 6.45) is 8.40. The van der Waals surface area contributed by atoms with Gasteiger partial charge in [-0.25, -0.2) is 4.98 Å². The van der Waals surface area contributed by atoms with Crippen LogP contribution in [0, 0.1) is 5.92 Å². The summed E-state index contributed by atoms with van der Waals surface area (Å²) in [5.74, 6) is 1.96. The first-order chi connectivity index (χ1) is 14.2. The average molecular weight is 416 g/mol. The summed E-state index contributed by atoms with van der Waals surface area (Å²) >= 11 is 1.61. The van der Waals surface area contributed by atoms with Crippen LogP contribution in [0.2, 0.25) is 0 Å². The number of amides is 1. The van der Waals surface area contributed by atoms with Gasteiger partial charge < -0.3 is 20.0 Å². The number of aliphatic imine (C=N–C) groups is 1. The van der Waals surface area contributed by atoms with Crippen LogP contribution in [0.5, 0.6) is 0 Å². The molecule has 1 aliphatic carbocycles. The molecule has 2 fully saturated rings. The standard InChI is InChI=1S/C21H29N5O2S/c1-22-21(23-12-17-14-28-19(24-17)18-8-5-11-29-18)25-16-9-10-26(13-16)20(27)15-6-3-2-4-7-15/h5,8,11,14-16H,2-4,6-7,9-10,12-13H2,1H3,(H2,22,23,25). The molecule has 4 rings (SSSR count). The second kappa shape index (κ2) is 9.43. The molecule has 1 saturated carbocycles. The summed E-state index contributed by atoms with van der Waals surface area (Å²) in [6.45, 7) is 2.12. The summed E-state index contributed by atoms with van der Waals surface area (Å²) in [7, 11) is 1.76. The second-order valence-corrected chi connectivity index (χ2v) is 8.74. The topological polar surface area (TPSA) is 82.8 Å². The fraction of sp³-hybridized carbons (Fsp3) is 0.571. The van der Waals surface area contributed by atoms with Gasteiger partial charge in [-0.05, 0) is 30.7 Å². The largest absolute Gasteiger partial charge is 0.443 e. The molecule has 156 valence electrons. The van der Waals surface area contributed by atoms with Crippen LogP contribution in [-0.4, -0.2) is 47.9 Å². The van der Waals surface area contributed by atoms with Gasteiger partial charge in [-0.1, -0.05) is 25.3 Å². The summed E-state index contributed by atoms with van der Waals surface area (Å²) in [6, 6.07) is 4.21. The molecular formula is C21H29N5O2S. The minimum atomic E-state index is 0.229. The SMILES string of the molecule is CN=C(NCc1coc(-c2cccs2)n1)NC1CCN(C(=O)C2CCCCC2)C1. The van der Waals surface area contributed by atoms with Gasteiger partial charge in [-0.3, -0.25) is 9.79 Å². The van der Waals surface area contributed by atoms with Gasteiger partial charge in [0, 0.05) is 32.1 Å². The van der Waals surface area contributed by atoms with Crippen LogP contribution in [0.4, 0.5) is 0 Å². The van der Waals surface area contributed by atoms with Gasteiger partial charge >= 0.3 is 0 Å². The summed E-state index contributed by atoms with van der Waals surface area (Å²) in [4.78, 5) is 24.6. The maximum absolute atomic E-state index is 12.7. The van der Waals surface area contributed by atoms with E-state index in [0.717, 1.165) is 48.9 Å². The van der Waals surface area contributed by atoms with Gasteiger partial charge in [0.05, 0.1) is 17.1 Å². The van der Waals surface area contributed by atoms with Crippen LogP contribution in [0.3, 0.4) is 0 Å². The molecule has 1 aliphatic heterocycles. The molecule has 1 amide bonds. The zero-order valence-corrected chi connectivity index (χ0v) is 17.7. The second-order valence-electron chi connectivity index (χ2n) is 7.80. The smallest absolute Gasteiger partial charge is 0.236 e. The zero-order valence-electron chi connectivity index (χ0n) is 16.9. The van der Waals surface area contributed by atoms with Crippen LogP contribution < -0.4 is 10.6 Å². The zero-order chi connectivity index (χ0) is 20.1. The molecule has 2 aromatic heterocycles. The lowest BCUT2D eigenvalue weighted by atomic mass is 9.88. The average Bonchev–Trinajstić information content (AvgIpc) is 3.52. The Bertz CT molecular complexity index is 826. The molecular weight excluding hydrogens is 386 g/mol. The summed E-state index contributed by atoms with van der Waals surface area (Å²) in [5.41, 5.74) is 0.830. The summed E-state index contributed by atoms with van der Waals surface area (Å²) < 4.78 is 5.56. The fourth-order valence-electron chi connectivity index (χ4n) is 4.15. The highest BCUT2D eigenvalue weighted by Gasteiger charge is 2.31. The van der Waals surface area contributed by atoms with Crippen LogP contribution >= 0.6 is 11.3 Å². The Kier molecular flexibility index (Phi) is 6.49. The van der Waals surface area contributed by atoms with Crippen molar-refractivity contribution >= 4 is 23.2 Å². The lowest BCUT2D eigenvalue weighted by Crippen LogP contribution is -2.45. The molecule has 0 aromatic carbocycles. The number of carbonyl (C=O) groups is 1. The van der Waals surface area contributed by atoms with E-state index in [-0.39, 0.29) is 12.0 Å². The molecule has 2 aromatic rings. The first-order valence-electron chi connectivity index (χ1n) is 10.5. The minimum absolute atomic E-state index is 0.229. The highest BCUT2D eigenvalue weighted by molar-refractivity contribution is 7.13. The van der Waals surface area contributed by atoms with Crippen LogP contribution in [0.15, 0.2) is 33.2 Å². The van der Waals surface area contributed by atoms with Gasteiger partial charge in [-0.15, -0.1) is 11.3 Å². The molecule has 0 spiro atoms. The van der Waals surface area contributed by atoms with Gasteiger partial charge in [0.2, 0.25) is 11.8 Å². The van der Waals surface area contributed by atoms with Crippen molar-refractivity contribution in [3.8, 4) is 10.8 Å². The molecule has 1 atom stereocenters. The number of oxazole rings is 1. The van der Waals surface area contributed by atoms with Crippen LogP contribution in [-0.2, 0) is 11.3 Å². The molecule has 1 saturated heterocycles. The molecule has 2 N–H and O–H groups in total. The molecule has 29 heavy (non-hydrogen) atoms. The van der Waals surface area contributed by atoms with Crippen molar-refractivity contribution in [3.05, 3.63) is 29.5 Å². The highest BCUT2D eigenvalue weighted by atomic mass is 32.1. The molecule has 2 aliphatic rings. The van der Waals surface area contributed by atoms with E-state index in [0.29, 0.717) is 18.3 Å². The number of carbonyl (C=O) groups excluding carboxylic acids is 1. The van der Waals surface area contributed by atoms with E-state index in [4.69, 9.17) is 4.42 Å². The number of nitrogens with one attached hydrogen (secondary N) is 2. The number of hydrogen-bond donors (Lipinski definition) is 2. The highest BCUT2D eigenvalue weighted by Crippen LogP contribution is 2.27. The lowest BCUT2D eigenvalue weighted by molar-refractivity contribution is -0.135. The maximum Gasteiger partial charge on any atom is 0.236 e. The van der Waals surface area contributed by atoms with Crippen molar-refractivity contribution in [1.82, 2.24) is 20.5 Å². The van der Waals surface area contributed by atoms with Gasteiger partial charge in [-0.2, -0.15) is 0 Å². The molecule has 7 nitrogen and oxygen atoms in total. The number of rotatable bonds is 5. The maximum atomic E-state index is 12.7. The van der Waals surface area contributed by atoms with Gasteiger partial charge in [0.15, 0.2) is 5.96 Å². The predicted octanol–water partition coefficient (Wildman–Crippen LogP) is 3.25. The first-order valence-corrected chi connectivity index (χ1v) is 11.3. The quantitative estimate of drug-likeness (QED) is 0.579. The predicted molar refractivity (Wildman–Crippen MR) is 115 cm³/mol. The Morgan fingerprint density at radius 1 is 1.34 bits per heavy atom. The van der Waals surface area contributed by atoms with Gasteiger partial charge in [0.1, 0.15) is 6.26 Å². The van der Waals surface area contributed by atoms with Crippen LogP contribution in [0.25, 0.3) is 10.8 Å². The normalized spacial score (nSPS) is 20.8. The minimum Gasteiger partial charge on any atom is -0.443 e. The van der Waals surface area contributed by atoms with E-state index in [1.54, 1.807) is 24.6 Å². The van der Waals surface area contributed by atoms with Crippen molar-refractivity contribution in [2.45, 2.75) is 51.1 Å². The number of thiophene rings is 1. The van der Waals surface area contributed by atoms with E-state index in [2.05, 4.69) is 20.6 Å². The van der Waals surface area contributed by atoms with E-state index in [9.17, 15) is 4.79 Å². The van der Waals surface area contributed by atoms with E-state index in [1.165, 1.54) is 19.3 Å². The van der Waals surface area contributed by atoms with E-state index >= 15 is 0 Å². The van der Waals surface area contributed by atoms with Crippen molar-refractivity contribution in [2.24, 2.45) is 10.9 Å². The van der Waals surface area contributed by atoms with Crippen LogP contribution in [0.1, 0.15) is 44.2 Å². The molecule has 3 heterocycles. The van der Waals surface area contributed by atoms with E-state index in [1.807, 2.05) is 22.4 Å². The van der Waals surface area contributed by atoms with Crippen molar-refractivity contribution in [3.63, 3.8) is 0 Å². The van der Waals surface area contributed by atoms with E-state index < -0.39 is 0 Å². The van der Waals surface area contributed by atoms with Crippen molar-refractivity contribution in [2.75, 3.05) is 20.1 Å². The summed E-state index contributed by atoms with van der Waals surface area (Å²) in [5, 5.41) is 8.75. The fourth-order valence-corrected chi connectivity index (χ4v) is 4.81.